The standard InChI is InChI=1S/C24H32N4O3/c1-15-19(7-9-22(25)26-15)6-8-21(29)16(2)27-24(31)20-5-4-17(13-20)12-18-10-11-28(3)23(30)14-18/h7,9-11,14,16-17,20H,4-6,8,12-13H2,1-3H3,(H2,25,26)(H,27,31)/t16-,17-,20+/m0/s1. The molecule has 7 nitrogen and oxygen atoms in total. The summed E-state index contributed by atoms with van der Waals surface area (Å²) in [6.07, 6.45) is 6.09. The Morgan fingerprint density at radius 2 is 2.06 bits per heavy atom. The van der Waals surface area contributed by atoms with Gasteiger partial charge in [-0.3, -0.25) is 14.4 Å². The molecule has 3 rings (SSSR count). The maximum Gasteiger partial charge on any atom is 0.250 e. The van der Waals surface area contributed by atoms with Crippen LogP contribution in [0.4, 0.5) is 5.82 Å². The van der Waals surface area contributed by atoms with E-state index in [2.05, 4.69) is 10.3 Å². The van der Waals surface area contributed by atoms with Crippen molar-refractivity contribution in [3.8, 4) is 0 Å². The predicted octanol–water partition coefficient (Wildman–Crippen LogP) is 2.34. The van der Waals surface area contributed by atoms with E-state index in [1.807, 2.05) is 19.1 Å². The highest BCUT2D eigenvalue weighted by atomic mass is 16.2. The average Bonchev–Trinajstić information content (AvgIpc) is 3.18. The van der Waals surface area contributed by atoms with Gasteiger partial charge in [0, 0.05) is 37.3 Å². The third-order valence-electron chi connectivity index (χ3n) is 6.30. The molecule has 0 spiro atoms. The van der Waals surface area contributed by atoms with Gasteiger partial charge in [0.2, 0.25) is 5.91 Å². The van der Waals surface area contributed by atoms with Crippen molar-refractivity contribution in [2.75, 3.05) is 5.73 Å². The smallest absolute Gasteiger partial charge is 0.250 e. The summed E-state index contributed by atoms with van der Waals surface area (Å²) in [5.74, 6) is 0.750. The molecule has 1 saturated carbocycles. The fourth-order valence-corrected chi connectivity index (χ4v) is 4.31. The number of Topliss-reactive ketones (excluding diaryl/α,β-unsaturated/α-hetero) is 1. The first-order valence-corrected chi connectivity index (χ1v) is 10.9. The number of anilines is 1. The van der Waals surface area contributed by atoms with Crippen LogP contribution in [-0.4, -0.2) is 27.3 Å². The summed E-state index contributed by atoms with van der Waals surface area (Å²) in [5, 5.41) is 2.91. The number of nitrogens with zero attached hydrogens (tertiary/aromatic N) is 2. The van der Waals surface area contributed by atoms with Gasteiger partial charge < -0.3 is 15.6 Å². The first kappa shape index (κ1) is 22.7. The van der Waals surface area contributed by atoms with Crippen molar-refractivity contribution in [2.45, 2.75) is 58.4 Å². The number of amides is 1. The molecule has 31 heavy (non-hydrogen) atoms. The van der Waals surface area contributed by atoms with Crippen LogP contribution >= 0.6 is 0 Å². The van der Waals surface area contributed by atoms with Gasteiger partial charge in [-0.25, -0.2) is 4.98 Å². The van der Waals surface area contributed by atoms with Gasteiger partial charge in [-0.05, 0) is 75.1 Å². The third-order valence-corrected chi connectivity index (χ3v) is 6.30. The van der Waals surface area contributed by atoms with Crippen LogP contribution in [0.5, 0.6) is 0 Å². The normalized spacial score (nSPS) is 19.2. The zero-order valence-corrected chi connectivity index (χ0v) is 18.6. The summed E-state index contributed by atoms with van der Waals surface area (Å²) < 4.78 is 1.55. The average molecular weight is 425 g/mol. The molecular weight excluding hydrogens is 392 g/mol. The molecular formula is C24H32N4O3. The number of aryl methyl sites for hydroxylation is 3. The first-order valence-electron chi connectivity index (χ1n) is 10.9. The van der Waals surface area contributed by atoms with Crippen LogP contribution in [-0.2, 0) is 29.5 Å². The van der Waals surface area contributed by atoms with E-state index in [-0.39, 0.29) is 23.2 Å². The Bertz CT molecular complexity index is 1010. The van der Waals surface area contributed by atoms with Gasteiger partial charge in [0.25, 0.3) is 5.56 Å². The van der Waals surface area contributed by atoms with Crippen LogP contribution in [0.1, 0.15) is 49.4 Å². The molecule has 0 aliphatic heterocycles. The number of carbonyl (C=O) groups is 2. The number of hydrogen-bond acceptors (Lipinski definition) is 5. The Morgan fingerprint density at radius 3 is 2.77 bits per heavy atom. The number of aromatic nitrogens is 2. The van der Waals surface area contributed by atoms with Gasteiger partial charge in [-0.1, -0.05) is 6.07 Å². The van der Waals surface area contributed by atoms with E-state index in [1.165, 1.54) is 0 Å². The van der Waals surface area contributed by atoms with Crippen molar-refractivity contribution in [3.05, 3.63) is 57.6 Å². The van der Waals surface area contributed by atoms with Crippen LogP contribution in [0, 0.1) is 18.8 Å². The fourth-order valence-electron chi connectivity index (χ4n) is 4.31. The first-order chi connectivity index (χ1) is 14.7. The Kier molecular flexibility index (Phi) is 7.25. The van der Waals surface area contributed by atoms with Gasteiger partial charge in [0.1, 0.15) is 5.82 Å². The van der Waals surface area contributed by atoms with E-state index >= 15 is 0 Å². The van der Waals surface area contributed by atoms with E-state index in [1.54, 1.807) is 36.9 Å². The molecule has 7 heteroatoms. The van der Waals surface area contributed by atoms with Crippen molar-refractivity contribution in [2.24, 2.45) is 18.9 Å². The van der Waals surface area contributed by atoms with E-state index in [0.717, 1.165) is 42.5 Å². The minimum atomic E-state index is -0.509. The summed E-state index contributed by atoms with van der Waals surface area (Å²) in [4.78, 5) is 41.2. The molecule has 0 saturated heterocycles. The minimum Gasteiger partial charge on any atom is -0.384 e. The number of ketones is 1. The van der Waals surface area contributed by atoms with Crippen LogP contribution in [0.15, 0.2) is 35.3 Å². The zero-order valence-electron chi connectivity index (χ0n) is 18.6. The lowest BCUT2D eigenvalue weighted by atomic mass is 9.96. The second kappa shape index (κ2) is 9.90. The molecule has 1 aliphatic carbocycles. The molecule has 0 aromatic carbocycles. The van der Waals surface area contributed by atoms with Crippen molar-refractivity contribution in [1.29, 1.82) is 0 Å². The quantitative estimate of drug-likeness (QED) is 0.676. The summed E-state index contributed by atoms with van der Waals surface area (Å²) in [5.41, 5.74) is 8.50. The summed E-state index contributed by atoms with van der Waals surface area (Å²) >= 11 is 0. The monoisotopic (exact) mass is 424 g/mol. The number of hydrogen-bond donors (Lipinski definition) is 2. The number of carbonyl (C=O) groups excluding carboxylic acids is 2. The van der Waals surface area contributed by atoms with E-state index < -0.39 is 6.04 Å². The Labute approximate surface area is 183 Å². The fraction of sp³-hybridized carbons (Fsp3) is 0.500. The molecule has 166 valence electrons. The Balaban J connectivity index is 1.46. The third kappa shape index (κ3) is 6.03. The van der Waals surface area contributed by atoms with Crippen molar-refractivity contribution in [3.63, 3.8) is 0 Å². The SMILES string of the molecule is Cc1nc(N)ccc1CCC(=O)[C@H](C)NC(=O)[C@@H]1CC[C@@H](Cc2ccn(C)c(=O)c2)C1. The zero-order chi connectivity index (χ0) is 22.5. The molecule has 2 aromatic heterocycles. The van der Waals surface area contributed by atoms with Crippen molar-refractivity contribution < 1.29 is 9.59 Å². The highest BCUT2D eigenvalue weighted by molar-refractivity contribution is 5.89. The van der Waals surface area contributed by atoms with E-state index in [4.69, 9.17) is 5.73 Å². The van der Waals surface area contributed by atoms with E-state index in [9.17, 15) is 14.4 Å². The topological polar surface area (TPSA) is 107 Å². The highest BCUT2D eigenvalue weighted by Gasteiger charge is 2.31. The molecule has 0 unspecified atom stereocenters. The molecule has 1 amide bonds. The highest BCUT2D eigenvalue weighted by Crippen LogP contribution is 2.33. The van der Waals surface area contributed by atoms with Crippen LogP contribution in [0.3, 0.4) is 0 Å². The van der Waals surface area contributed by atoms with Crippen LogP contribution in [0.25, 0.3) is 0 Å². The van der Waals surface area contributed by atoms with Crippen LogP contribution in [0.2, 0.25) is 0 Å². The molecule has 3 N–H and O–H groups in total. The molecule has 2 heterocycles. The maximum atomic E-state index is 12.7. The molecule has 2 aromatic rings. The number of nitrogens with two attached hydrogens (primary N) is 1. The lowest BCUT2D eigenvalue weighted by Crippen LogP contribution is -2.41. The Morgan fingerprint density at radius 1 is 1.29 bits per heavy atom. The Hall–Kier alpha value is -2.96. The second-order valence-electron chi connectivity index (χ2n) is 8.74. The second-order valence-corrected chi connectivity index (χ2v) is 8.74. The van der Waals surface area contributed by atoms with E-state index in [0.29, 0.717) is 24.6 Å². The summed E-state index contributed by atoms with van der Waals surface area (Å²) in [6, 6.07) is 6.77. The predicted molar refractivity (Wildman–Crippen MR) is 121 cm³/mol. The van der Waals surface area contributed by atoms with Crippen LogP contribution < -0.4 is 16.6 Å². The molecule has 3 atom stereocenters. The minimum absolute atomic E-state index is 0.0120. The molecule has 1 aliphatic rings. The number of pyridine rings is 2. The van der Waals surface area contributed by atoms with Gasteiger partial charge in [-0.15, -0.1) is 0 Å². The number of rotatable bonds is 8. The van der Waals surface area contributed by atoms with Gasteiger partial charge in [0.05, 0.1) is 6.04 Å². The molecule has 0 bridgehead atoms. The lowest BCUT2D eigenvalue weighted by Gasteiger charge is -2.17. The van der Waals surface area contributed by atoms with Gasteiger partial charge >= 0.3 is 0 Å². The maximum absolute atomic E-state index is 12.7. The van der Waals surface area contributed by atoms with Crippen molar-refractivity contribution >= 4 is 17.5 Å². The summed E-state index contributed by atoms with van der Waals surface area (Å²) in [6.45, 7) is 3.63. The summed E-state index contributed by atoms with van der Waals surface area (Å²) in [7, 11) is 1.73. The lowest BCUT2D eigenvalue weighted by molar-refractivity contribution is -0.129. The number of nitrogen functional groups attached to an aromatic ring is 1. The van der Waals surface area contributed by atoms with Gasteiger partial charge in [-0.2, -0.15) is 0 Å². The van der Waals surface area contributed by atoms with Crippen molar-refractivity contribution in [1.82, 2.24) is 14.9 Å². The molecule has 0 radical (unpaired) electrons. The van der Waals surface area contributed by atoms with Gasteiger partial charge in [0.15, 0.2) is 5.78 Å². The number of nitrogens with one attached hydrogen (secondary N) is 1. The molecule has 1 fully saturated rings. The largest absolute Gasteiger partial charge is 0.384 e.